The van der Waals surface area contributed by atoms with Crippen LogP contribution in [0.1, 0.15) is 26.7 Å². The van der Waals surface area contributed by atoms with Crippen molar-refractivity contribution in [1.82, 2.24) is 14.1 Å². The van der Waals surface area contributed by atoms with E-state index in [4.69, 9.17) is 21.1 Å². The fourth-order valence-corrected chi connectivity index (χ4v) is 5.79. The lowest BCUT2D eigenvalue weighted by molar-refractivity contribution is -0.138. The molecule has 2 heterocycles. The van der Waals surface area contributed by atoms with Gasteiger partial charge in [0, 0.05) is 45.2 Å². The average Bonchev–Trinajstić information content (AvgIpc) is 2.80. The van der Waals surface area contributed by atoms with E-state index in [0.717, 1.165) is 0 Å². The van der Waals surface area contributed by atoms with Gasteiger partial charge in [-0.05, 0) is 44.9 Å². The largest absolute Gasteiger partial charge is 0.492 e. The molecule has 0 N–H and O–H groups in total. The molecule has 2 fully saturated rings. The normalized spacial score (nSPS) is 18.5. The van der Waals surface area contributed by atoms with Gasteiger partial charge in [0.1, 0.15) is 5.75 Å². The van der Waals surface area contributed by atoms with Crippen molar-refractivity contribution in [1.29, 1.82) is 0 Å². The average molecular weight is 488 g/mol. The van der Waals surface area contributed by atoms with E-state index in [1.807, 2.05) is 6.92 Å². The number of halogens is 1. The molecule has 0 atom stereocenters. The zero-order valence-electron chi connectivity index (χ0n) is 18.5. The summed E-state index contributed by atoms with van der Waals surface area (Å²) in [6.45, 7) is 6.68. The van der Waals surface area contributed by atoms with Gasteiger partial charge in [-0.25, -0.2) is 13.2 Å². The third kappa shape index (κ3) is 5.47. The highest BCUT2D eigenvalue weighted by molar-refractivity contribution is 7.89. The Morgan fingerprint density at radius 1 is 1.00 bits per heavy atom. The highest BCUT2D eigenvalue weighted by Crippen LogP contribution is 2.31. The molecule has 0 aliphatic carbocycles. The number of rotatable bonds is 6. The first-order valence-electron chi connectivity index (χ1n) is 10.9. The van der Waals surface area contributed by atoms with E-state index in [2.05, 4.69) is 0 Å². The maximum atomic E-state index is 13.0. The number of hydrogen-bond acceptors (Lipinski definition) is 6. The summed E-state index contributed by atoms with van der Waals surface area (Å²) in [5.41, 5.74) is 0. The summed E-state index contributed by atoms with van der Waals surface area (Å²) in [4.78, 5) is 28.2. The van der Waals surface area contributed by atoms with Gasteiger partial charge in [-0.2, -0.15) is 4.31 Å². The topological polar surface area (TPSA) is 96.5 Å². The number of amides is 2. The minimum absolute atomic E-state index is 0.0228. The summed E-state index contributed by atoms with van der Waals surface area (Å²) in [5, 5.41) is 0.250. The van der Waals surface area contributed by atoms with Gasteiger partial charge >= 0.3 is 6.09 Å². The van der Waals surface area contributed by atoms with Crippen LogP contribution in [0.3, 0.4) is 0 Å². The SMILES string of the molecule is CCOC(=O)N1CCN(C(=O)C2CCN(S(=O)(=O)c3ccc(OCC)c(Cl)c3)CC2)CC1. The van der Waals surface area contributed by atoms with Crippen molar-refractivity contribution in [2.75, 3.05) is 52.5 Å². The molecule has 1 aromatic carbocycles. The third-order valence-electron chi connectivity index (χ3n) is 5.76. The molecule has 1 aromatic rings. The fraction of sp³-hybridized carbons (Fsp3) is 0.619. The smallest absolute Gasteiger partial charge is 0.409 e. The summed E-state index contributed by atoms with van der Waals surface area (Å²) in [7, 11) is -3.70. The summed E-state index contributed by atoms with van der Waals surface area (Å²) >= 11 is 6.16. The molecule has 2 aliphatic rings. The van der Waals surface area contributed by atoms with Gasteiger partial charge in [-0.15, -0.1) is 0 Å². The minimum atomic E-state index is -3.70. The van der Waals surface area contributed by atoms with Crippen molar-refractivity contribution in [2.45, 2.75) is 31.6 Å². The van der Waals surface area contributed by atoms with Gasteiger partial charge in [0.05, 0.1) is 23.1 Å². The van der Waals surface area contributed by atoms with E-state index in [0.29, 0.717) is 58.0 Å². The lowest BCUT2D eigenvalue weighted by Crippen LogP contribution is -2.53. The molecule has 0 spiro atoms. The zero-order chi connectivity index (χ0) is 23.3. The van der Waals surface area contributed by atoms with E-state index in [9.17, 15) is 18.0 Å². The Kier molecular flexibility index (Phi) is 8.24. The fourth-order valence-electron chi connectivity index (χ4n) is 3.99. The van der Waals surface area contributed by atoms with Crippen LogP contribution in [0.4, 0.5) is 4.79 Å². The molecule has 11 heteroatoms. The summed E-state index contributed by atoms with van der Waals surface area (Å²) in [6, 6.07) is 4.46. The Bertz CT molecular complexity index is 925. The Morgan fingerprint density at radius 2 is 1.62 bits per heavy atom. The lowest BCUT2D eigenvalue weighted by Gasteiger charge is -2.38. The van der Waals surface area contributed by atoms with Gasteiger partial charge in [-0.1, -0.05) is 11.6 Å². The number of piperidine rings is 1. The predicted molar refractivity (Wildman–Crippen MR) is 119 cm³/mol. The van der Waals surface area contributed by atoms with Gasteiger partial charge in [0.2, 0.25) is 15.9 Å². The van der Waals surface area contributed by atoms with Crippen LogP contribution >= 0.6 is 11.6 Å². The van der Waals surface area contributed by atoms with Crippen LogP contribution in [0.2, 0.25) is 5.02 Å². The molecule has 0 radical (unpaired) electrons. The summed E-state index contributed by atoms with van der Waals surface area (Å²) in [6.07, 6.45) is 0.564. The molecule has 0 unspecified atom stereocenters. The lowest BCUT2D eigenvalue weighted by atomic mass is 9.96. The third-order valence-corrected chi connectivity index (χ3v) is 7.95. The Hall–Kier alpha value is -2.04. The Morgan fingerprint density at radius 3 is 2.19 bits per heavy atom. The molecule has 0 bridgehead atoms. The molecule has 2 aliphatic heterocycles. The van der Waals surface area contributed by atoms with E-state index >= 15 is 0 Å². The second-order valence-corrected chi connectivity index (χ2v) is 10.1. The Balaban J connectivity index is 1.55. The van der Waals surface area contributed by atoms with E-state index in [1.54, 1.807) is 22.8 Å². The molecule has 9 nitrogen and oxygen atoms in total. The van der Waals surface area contributed by atoms with Crippen LogP contribution in [0, 0.1) is 5.92 Å². The second kappa shape index (κ2) is 10.7. The highest BCUT2D eigenvalue weighted by Gasteiger charge is 2.35. The van der Waals surface area contributed by atoms with Crippen LogP contribution in [-0.4, -0.2) is 87.0 Å². The molecule has 0 aromatic heterocycles. The number of hydrogen-bond donors (Lipinski definition) is 0. The number of benzene rings is 1. The maximum absolute atomic E-state index is 13.0. The van der Waals surface area contributed by atoms with E-state index < -0.39 is 10.0 Å². The quantitative estimate of drug-likeness (QED) is 0.611. The molecular formula is C21H30ClN3O6S. The van der Waals surface area contributed by atoms with Crippen LogP contribution < -0.4 is 4.74 Å². The number of ether oxygens (including phenoxy) is 2. The highest BCUT2D eigenvalue weighted by atomic mass is 35.5. The predicted octanol–water partition coefficient (Wildman–Crippen LogP) is 2.44. The minimum Gasteiger partial charge on any atom is -0.492 e. The first-order valence-corrected chi connectivity index (χ1v) is 12.7. The van der Waals surface area contributed by atoms with Crippen LogP contribution in [0.25, 0.3) is 0 Å². The number of sulfonamides is 1. The van der Waals surface area contributed by atoms with Crippen molar-refractivity contribution in [3.8, 4) is 5.75 Å². The first kappa shape index (κ1) is 24.6. The number of carbonyl (C=O) groups is 2. The summed E-state index contributed by atoms with van der Waals surface area (Å²) in [5.74, 6) is 0.245. The van der Waals surface area contributed by atoms with E-state index in [1.165, 1.54) is 16.4 Å². The molecule has 0 saturated carbocycles. The summed E-state index contributed by atoms with van der Waals surface area (Å²) < 4.78 is 37.8. The molecule has 3 rings (SSSR count). The van der Waals surface area contributed by atoms with Crippen LogP contribution in [0.15, 0.2) is 23.1 Å². The van der Waals surface area contributed by atoms with Gasteiger partial charge in [0.25, 0.3) is 0 Å². The Labute approximate surface area is 194 Å². The maximum Gasteiger partial charge on any atom is 0.409 e. The number of nitrogens with zero attached hydrogens (tertiary/aromatic N) is 3. The van der Waals surface area contributed by atoms with Crippen molar-refractivity contribution in [2.24, 2.45) is 5.92 Å². The molecule has 32 heavy (non-hydrogen) atoms. The molecule has 178 valence electrons. The van der Waals surface area contributed by atoms with Crippen molar-refractivity contribution >= 4 is 33.6 Å². The number of piperazine rings is 1. The van der Waals surface area contributed by atoms with E-state index in [-0.39, 0.29) is 40.9 Å². The molecular weight excluding hydrogens is 458 g/mol. The van der Waals surface area contributed by atoms with Gasteiger partial charge < -0.3 is 19.3 Å². The van der Waals surface area contributed by atoms with Crippen molar-refractivity contribution < 1.29 is 27.5 Å². The second-order valence-electron chi connectivity index (χ2n) is 7.71. The van der Waals surface area contributed by atoms with Crippen LogP contribution in [0.5, 0.6) is 5.75 Å². The van der Waals surface area contributed by atoms with Crippen LogP contribution in [-0.2, 0) is 19.6 Å². The van der Waals surface area contributed by atoms with Crippen molar-refractivity contribution in [3.63, 3.8) is 0 Å². The molecule has 2 amide bonds. The number of carbonyl (C=O) groups excluding carboxylic acids is 2. The monoisotopic (exact) mass is 487 g/mol. The van der Waals surface area contributed by atoms with Crippen molar-refractivity contribution in [3.05, 3.63) is 23.2 Å². The standard InChI is InChI=1S/C21H30ClN3O6S/c1-3-30-19-6-5-17(15-18(19)22)32(28,29)25-9-7-16(8-10-25)20(26)23-11-13-24(14-12-23)21(27)31-4-2/h5-6,15-16H,3-4,7-14H2,1-2H3. The molecule has 2 saturated heterocycles. The first-order chi connectivity index (χ1) is 15.3. The van der Waals surface area contributed by atoms with Gasteiger partial charge in [-0.3, -0.25) is 4.79 Å². The van der Waals surface area contributed by atoms with Gasteiger partial charge in [0.15, 0.2) is 0 Å². The zero-order valence-corrected chi connectivity index (χ0v) is 20.0.